The second kappa shape index (κ2) is 20.0. The van der Waals surface area contributed by atoms with E-state index in [0.717, 1.165) is 12.8 Å². The molecule has 0 aliphatic rings. The van der Waals surface area contributed by atoms with Crippen LogP contribution in [0.25, 0.3) is 0 Å². The summed E-state index contributed by atoms with van der Waals surface area (Å²) in [5.74, 6) is -2.08. The van der Waals surface area contributed by atoms with Gasteiger partial charge in [-0.05, 0) is 6.42 Å². The Kier molecular flexibility index (Phi) is 20.3. The van der Waals surface area contributed by atoms with Crippen LogP contribution in [0.5, 0.6) is 0 Å². The van der Waals surface area contributed by atoms with Crippen molar-refractivity contribution in [3.8, 4) is 0 Å². The smallest absolute Gasteiger partial charge is 0.306 e. The van der Waals surface area contributed by atoms with Crippen molar-refractivity contribution in [1.82, 2.24) is 0 Å². The van der Waals surface area contributed by atoms with Crippen molar-refractivity contribution in [2.75, 3.05) is 26.4 Å². The molecular weight excluding hydrogens is 376 g/mol. The molecule has 5 N–H and O–H groups in total. The van der Waals surface area contributed by atoms with Crippen molar-refractivity contribution in [3.05, 3.63) is 0 Å². The van der Waals surface area contributed by atoms with Gasteiger partial charge in [0.1, 0.15) is 25.4 Å². The van der Waals surface area contributed by atoms with Gasteiger partial charge >= 0.3 is 17.9 Å². The number of aliphatic hydroxyl groups is 4. The third kappa shape index (κ3) is 22.3. The molecule has 0 aliphatic carbocycles. The lowest BCUT2D eigenvalue weighted by molar-refractivity contribution is -0.154. The Hall–Kier alpha value is -1.75. The van der Waals surface area contributed by atoms with E-state index in [1.807, 2.05) is 0 Å². The predicted molar refractivity (Wildman–Crippen MR) is 98.3 cm³/mol. The van der Waals surface area contributed by atoms with Gasteiger partial charge in [-0.25, -0.2) is 0 Å². The van der Waals surface area contributed by atoms with Crippen molar-refractivity contribution in [2.24, 2.45) is 0 Å². The fourth-order valence-electron chi connectivity index (χ4n) is 1.71. The number of carbonyl (C=O) groups excluding carboxylic acids is 2. The number of hydrogen-bond donors (Lipinski definition) is 5. The van der Waals surface area contributed by atoms with Crippen molar-refractivity contribution in [1.29, 1.82) is 0 Å². The second-order valence-corrected chi connectivity index (χ2v) is 6.10. The van der Waals surface area contributed by atoms with Gasteiger partial charge in [0.05, 0.1) is 26.1 Å². The number of carboxylic acid groups (broad SMARTS) is 1. The number of ether oxygens (including phenoxy) is 2. The van der Waals surface area contributed by atoms with Crippen LogP contribution in [-0.2, 0) is 23.9 Å². The van der Waals surface area contributed by atoms with E-state index in [1.54, 1.807) is 0 Å². The van der Waals surface area contributed by atoms with Gasteiger partial charge in [0.2, 0.25) is 0 Å². The van der Waals surface area contributed by atoms with E-state index < -0.39 is 43.3 Å². The molecule has 2 unspecified atom stereocenters. The average molecular weight is 410 g/mol. The van der Waals surface area contributed by atoms with Crippen LogP contribution in [0.4, 0.5) is 0 Å². The molecular formula is C18H34O10. The molecule has 0 spiro atoms. The lowest BCUT2D eigenvalue weighted by atomic mass is 10.1. The van der Waals surface area contributed by atoms with Crippen LogP contribution in [0.15, 0.2) is 0 Å². The lowest BCUT2D eigenvalue weighted by Crippen LogP contribution is -2.23. The number of carbonyl (C=O) groups is 3. The molecule has 0 aromatic heterocycles. The van der Waals surface area contributed by atoms with Crippen molar-refractivity contribution < 1.29 is 49.4 Å². The topological polar surface area (TPSA) is 171 Å². The first-order valence-corrected chi connectivity index (χ1v) is 9.37. The summed E-state index contributed by atoms with van der Waals surface area (Å²) in [5, 5.41) is 42.9. The molecule has 0 saturated carbocycles. The third-order valence-corrected chi connectivity index (χ3v) is 3.32. The van der Waals surface area contributed by atoms with E-state index in [0.29, 0.717) is 6.42 Å². The fourth-order valence-corrected chi connectivity index (χ4v) is 1.71. The Balaban J connectivity index is 0. The molecule has 0 saturated heterocycles. The number of hydrogen-bond acceptors (Lipinski definition) is 9. The molecule has 0 aromatic rings. The third-order valence-electron chi connectivity index (χ3n) is 3.32. The van der Waals surface area contributed by atoms with Crippen molar-refractivity contribution in [2.45, 2.75) is 70.5 Å². The highest BCUT2D eigenvalue weighted by molar-refractivity contribution is 5.77. The molecule has 166 valence electrons. The zero-order valence-electron chi connectivity index (χ0n) is 16.4. The molecule has 0 bridgehead atoms. The number of unbranched alkanes of at least 4 members (excludes halogenated alkanes) is 4. The minimum absolute atomic E-state index is 0.230. The first-order chi connectivity index (χ1) is 13.3. The van der Waals surface area contributed by atoms with Crippen LogP contribution < -0.4 is 0 Å². The van der Waals surface area contributed by atoms with Crippen LogP contribution in [0.3, 0.4) is 0 Å². The number of aliphatic hydroxyl groups excluding tert-OH is 4. The zero-order chi connectivity index (χ0) is 21.8. The monoisotopic (exact) mass is 410 g/mol. The molecule has 28 heavy (non-hydrogen) atoms. The van der Waals surface area contributed by atoms with Gasteiger partial charge in [0.15, 0.2) is 0 Å². The van der Waals surface area contributed by atoms with Crippen molar-refractivity contribution >= 4 is 17.9 Å². The highest BCUT2D eigenvalue weighted by Crippen LogP contribution is 2.04. The summed E-state index contributed by atoms with van der Waals surface area (Å²) >= 11 is 0. The Bertz CT molecular complexity index is 387. The number of esters is 2. The molecule has 10 nitrogen and oxygen atoms in total. The van der Waals surface area contributed by atoms with Gasteiger partial charge in [0, 0.05) is 6.42 Å². The number of rotatable bonds is 15. The van der Waals surface area contributed by atoms with Gasteiger partial charge in [0.25, 0.3) is 0 Å². The molecule has 0 fully saturated rings. The largest absolute Gasteiger partial charge is 0.481 e. The first-order valence-electron chi connectivity index (χ1n) is 9.37. The molecule has 10 heteroatoms. The van der Waals surface area contributed by atoms with Crippen LogP contribution in [0.1, 0.15) is 58.3 Å². The fraction of sp³-hybridized carbons (Fsp3) is 0.833. The quantitative estimate of drug-likeness (QED) is 0.183. The molecule has 2 atom stereocenters. The van der Waals surface area contributed by atoms with Crippen LogP contribution in [0, 0.1) is 0 Å². The Morgan fingerprint density at radius 3 is 1.54 bits per heavy atom. The molecule has 0 aromatic carbocycles. The van der Waals surface area contributed by atoms with E-state index >= 15 is 0 Å². The minimum Gasteiger partial charge on any atom is -0.481 e. The van der Waals surface area contributed by atoms with Crippen molar-refractivity contribution in [3.63, 3.8) is 0 Å². The number of aliphatic carboxylic acids is 1. The van der Waals surface area contributed by atoms with Crippen LogP contribution in [-0.4, -0.2) is 82.1 Å². The second-order valence-electron chi connectivity index (χ2n) is 6.10. The van der Waals surface area contributed by atoms with Gasteiger partial charge in [-0.1, -0.05) is 32.6 Å². The summed E-state index contributed by atoms with van der Waals surface area (Å²) in [5.41, 5.74) is 0. The highest BCUT2D eigenvalue weighted by Gasteiger charge is 2.12. The van der Waals surface area contributed by atoms with Crippen LogP contribution in [0.2, 0.25) is 0 Å². The summed E-state index contributed by atoms with van der Waals surface area (Å²) in [6.45, 7) is 0.432. The van der Waals surface area contributed by atoms with E-state index in [1.165, 1.54) is 19.3 Å². The summed E-state index contributed by atoms with van der Waals surface area (Å²) in [7, 11) is 0. The van der Waals surface area contributed by atoms with Gasteiger partial charge in [-0.2, -0.15) is 0 Å². The Morgan fingerprint density at radius 2 is 1.18 bits per heavy atom. The van der Waals surface area contributed by atoms with E-state index in [4.69, 9.17) is 25.5 Å². The van der Waals surface area contributed by atoms with E-state index in [9.17, 15) is 14.4 Å². The Morgan fingerprint density at radius 1 is 0.750 bits per heavy atom. The average Bonchev–Trinajstić information content (AvgIpc) is 2.68. The van der Waals surface area contributed by atoms with Crippen LogP contribution >= 0.6 is 0 Å². The first kappa shape index (κ1) is 28.5. The normalized spacial score (nSPS) is 12.3. The van der Waals surface area contributed by atoms with Gasteiger partial charge < -0.3 is 35.0 Å². The Labute approximate surface area is 165 Å². The molecule has 0 radical (unpaired) electrons. The standard InChI is InChI=1S/C10H18O8.C8H16O2/c11-3-7(13)5-17-9(15)1-2-10(16)18-6-8(14)4-12;1-2-3-4-5-6-7-8(9)10/h7-8,11-14H,1-6H2;2-7H2,1H3,(H,9,10). The maximum Gasteiger partial charge on any atom is 0.306 e. The summed E-state index contributed by atoms with van der Waals surface area (Å²) in [6, 6.07) is 0. The van der Waals surface area contributed by atoms with E-state index in [2.05, 4.69) is 16.4 Å². The van der Waals surface area contributed by atoms with Gasteiger partial charge in [-0.15, -0.1) is 0 Å². The maximum absolute atomic E-state index is 11.1. The number of carboxylic acids is 1. The summed E-state index contributed by atoms with van der Waals surface area (Å²) in [4.78, 5) is 32.1. The zero-order valence-corrected chi connectivity index (χ0v) is 16.4. The maximum atomic E-state index is 11.1. The molecule has 0 rings (SSSR count). The lowest BCUT2D eigenvalue weighted by Gasteiger charge is -2.09. The van der Waals surface area contributed by atoms with Gasteiger partial charge in [-0.3, -0.25) is 14.4 Å². The van der Waals surface area contributed by atoms with E-state index in [-0.39, 0.29) is 26.1 Å². The molecule has 0 aliphatic heterocycles. The summed E-state index contributed by atoms with van der Waals surface area (Å²) < 4.78 is 9.09. The highest BCUT2D eigenvalue weighted by atomic mass is 16.5. The molecule has 0 amide bonds. The SMILES string of the molecule is CCCCCCCC(=O)O.O=C(CCC(=O)OCC(O)CO)OCC(O)CO. The predicted octanol–water partition coefficient (Wildman–Crippen LogP) is -0.00910. The molecule has 0 heterocycles. The minimum atomic E-state index is -1.14. The summed E-state index contributed by atoms with van der Waals surface area (Å²) in [6.07, 6.45) is 3.15.